The molecule has 0 aliphatic rings. The molecule has 0 unspecified atom stereocenters. The van der Waals surface area contributed by atoms with Gasteiger partial charge in [0.1, 0.15) is 5.56 Å². The first kappa shape index (κ1) is 17.4. The molecule has 2 heterocycles. The Bertz CT molecular complexity index is 839. The highest BCUT2D eigenvalue weighted by molar-refractivity contribution is 8.00. The summed E-state index contributed by atoms with van der Waals surface area (Å²) >= 11 is 2.93. The van der Waals surface area contributed by atoms with Crippen molar-refractivity contribution in [2.45, 2.75) is 17.0 Å². The molecule has 0 saturated heterocycles. The summed E-state index contributed by atoms with van der Waals surface area (Å²) in [6, 6.07) is 13.5. The molecule has 1 amide bonds. The van der Waals surface area contributed by atoms with Gasteiger partial charge in [0.15, 0.2) is 4.34 Å². The summed E-state index contributed by atoms with van der Waals surface area (Å²) in [4.78, 5) is 16.5. The number of rotatable bonds is 7. The Morgan fingerprint density at radius 3 is 2.84 bits per heavy atom. The fraction of sp³-hybridized carbons (Fsp3) is 0.176. The zero-order valence-electron chi connectivity index (χ0n) is 13.5. The fourth-order valence-corrected chi connectivity index (χ4v) is 3.72. The molecule has 0 aliphatic carbocycles. The van der Waals surface area contributed by atoms with Gasteiger partial charge in [-0.3, -0.25) is 10.1 Å². The molecule has 0 radical (unpaired) electrons. The molecule has 8 heteroatoms. The lowest BCUT2D eigenvalue weighted by Gasteiger charge is -2.07. The molecule has 2 aromatic heterocycles. The second-order valence-corrected chi connectivity index (χ2v) is 7.09. The molecule has 0 aliphatic heterocycles. The van der Waals surface area contributed by atoms with E-state index in [9.17, 15) is 4.79 Å². The smallest absolute Gasteiger partial charge is 0.262 e. The number of hydrogen-bond donors (Lipinski definition) is 1. The third-order valence-electron chi connectivity index (χ3n) is 3.13. The lowest BCUT2D eigenvalue weighted by atomic mass is 10.2. The average molecular weight is 372 g/mol. The average Bonchev–Trinajstić information content (AvgIpc) is 3.09. The molecule has 1 N–H and O–H groups in total. The standard InChI is InChI=1S/C17H16N4O2S2/c1-2-23-15-13(9-6-10-18-15)14(22)19-16-20-21-17(25-16)24-11-12-7-4-3-5-8-12/h3-10H,2,11H2,1H3,(H,19,20,22). The van der Waals surface area contributed by atoms with E-state index in [0.29, 0.717) is 23.2 Å². The summed E-state index contributed by atoms with van der Waals surface area (Å²) in [5.41, 5.74) is 1.59. The number of carbonyl (C=O) groups excluding carboxylic acids is 1. The van der Waals surface area contributed by atoms with Gasteiger partial charge in [-0.15, -0.1) is 10.2 Å². The second-order valence-electron chi connectivity index (χ2n) is 4.89. The van der Waals surface area contributed by atoms with E-state index < -0.39 is 0 Å². The van der Waals surface area contributed by atoms with Gasteiger partial charge in [-0.2, -0.15) is 0 Å². The Morgan fingerprint density at radius 2 is 2.04 bits per heavy atom. The van der Waals surface area contributed by atoms with Crippen molar-refractivity contribution >= 4 is 34.1 Å². The third-order valence-corrected chi connectivity index (χ3v) is 5.17. The van der Waals surface area contributed by atoms with Crippen LogP contribution >= 0.6 is 23.1 Å². The van der Waals surface area contributed by atoms with Crippen molar-refractivity contribution in [1.82, 2.24) is 15.2 Å². The van der Waals surface area contributed by atoms with Gasteiger partial charge in [0.05, 0.1) is 6.61 Å². The topological polar surface area (TPSA) is 77.0 Å². The van der Waals surface area contributed by atoms with Crippen LogP contribution in [-0.4, -0.2) is 27.7 Å². The van der Waals surface area contributed by atoms with Crippen LogP contribution in [0.2, 0.25) is 0 Å². The fourth-order valence-electron chi connectivity index (χ4n) is 2.02. The van der Waals surface area contributed by atoms with Crippen LogP contribution in [0.3, 0.4) is 0 Å². The Hall–Kier alpha value is -2.45. The highest BCUT2D eigenvalue weighted by Gasteiger charge is 2.15. The monoisotopic (exact) mass is 372 g/mol. The van der Waals surface area contributed by atoms with E-state index in [1.807, 2.05) is 25.1 Å². The van der Waals surface area contributed by atoms with Crippen LogP contribution in [-0.2, 0) is 5.75 Å². The molecule has 0 bridgehead atoms. The van der Waals surface area contributed by atoms with Crippen LogP contribution in [0.1, 0.15) is 22.8 Å². The number of anilines is 1. The van der Waals surface area contributed by atoms with E-state index in [1.54, 1.807) is 30.1 Å². The van der Waals surface area contributed by atoms with Crippen molar-refractivity contribution < 1.29 is 9.53 Å². The summed E-state index contributed by atoms with van der Waals surface area (Å²) in [6.45, 7) is 2.29. The van der Waals surface area contributed by atoms with Crippen molar-refractivity contribution in [2.24, 2.45) is 0 Å². The summed E-state index contributed by atoms with van der Waals surface area (Å²) < 4.78 is 6.18. The number of nitrogens with zero attached hydrogens (tertiary/aromatic N) is 3. The third kappa shape index (κ3) is 4.77. The van der Waals surface area contributed by atoms with Gasteiger partial charge in [0.2, 0.25) is 11.0 Å². The largest absolute Gasteiger partial charge is 0.477 e. The van der Waals surface area contributed by atoms with E-state index in [1.165, 1.54) is 16.9 Å². The van der Waals surface area contributed by atoms with Crippen LogP contribution in [0.4, 0.5) is 5.13 Å². The molecule has 3 aromatic rings. The molecule has 0 fully saturated rings. The van der Waals surface area contributed by atoms with E-state index in [2.05, 4.69) is 32.6 Å². The van der Waals surface area contributed by atoms with Gasteiger partial charge in [0, 0.05) is 11.9 Å². The van der Waals surface area contributed by atoms with Crippen molar-refractivity contribution in [3.8, 4) is 5.88 Å². The molecule has 0 spiro atoms. The number of aromatic nitrogens is 3. The van der Waals surface area contributed by atoms with Crippen molar-refractivity contribution in [1.29, 1.82) is 0 Å². The number of carbonyl (C=O) groups is 1. The Kier molecular flexibility index (Phi) is 5.97. The molecule has 0 atom stereocenters. The Morgan fingerprint density at radius 1 is 1.20 bits per heavy atom. The number of pyridine rings is 1. The predicted octanol–water partition coefficient (Wildman–Crippen LogP) is 3.88. The van der Waals surface area contributed by atoms with Gasteiger partial charge >= 0.3 is 0 Å². The molecule has 128 valence electrons. The van der Waals surface area contributed by atoms with E-state index in [0.717, 1.165) is 10.1 Å². The Labute approximate surface area is 153 Å². The van der Waals surface area contributed by atoms with Gasteiger partial charge in [-0.05, 0) is 24.6 Å². The maximum Gasteiger partial charge on any atom is 0.262 e. The number of benzene rings is 1. The second kappa shape index (κ2) is 8.59. The molecule has 3 rings (SSSR count). The Balaban J connectivity index is 1.62. The first-order valence-corrected chi connectivity index (χ1v) is 9.46. The van der Waals surface area contributed by atoms with Gasteiger partial charge < -0.3 is 4.74 Å². The van der Waals surface area contributed by atoms with Crippen LogP contribution in [0.25, 0.3) is 0 Å². The first-order chi connectivity index (χ1) is 12.3. The lowest BCUT2D eigenvalue weighted by Crippen LogP contribution is -2.14. The normalized spacial score (nSPS) is 10.4. The number of nitrogens with one attached hydrogen (secondary N) is 1. The minimum absolute atomic E-state index is 0.311. The quantitative estimate of drug-likeness (QED) is 0.501. The summed E-state index contributed by atoms with van der Waals surface area (Å²) in [5, 5.41) is 11.3. The van der Waals surface area contributed by atoms with Crippen LogP contribution < -0.4 is 10.1 Å². The number of thioether (sulfide) groups is 1. The van der Waals surface area contributed by atoms with E-state index in [-0.39, 0.29) is 5.91 Å². The lowest BCUT2D eigenvalue weighted by molar-refractivity contribution is 0.102. The van der Waals surface area contributed by atoms with Gasteiger partial charge in [-0.25, -0.2) is 4.98 Å². The molecule has 6 nitrogen and oxygen atoms in total. The van der Waals surface area contributed by atoms with Gasteiger partial charge in [0.25, 0.3) is 5.91 Å². The molecule has 25 heavy (non-hydrogen) atoms. The first-order valence-electron chi connectivity index (χ1n) is 7.65. The van der Waals surface area contributed by atoms with Crippen molar-refractivity contribution in [2.75, 3.05) is 11.9 Å². The molecule has 0 saturated carbocycles. The predicted molar refractivity (Wildman–Crippen MR) is 99.3 cm³/mol. The zero-order valence-corrected chi connectivity index (χ0v) is 15.1. The minimum atomic E-state index is -0.313. The van der Waals surface area contributed by atoms with E-state index >= 15 is 0 Å². The molecular formula is C17H16N4O2S2. The van der Waals surface area contributed by atoms with E-state index in [4.69, 9.17) is 4.74 Å². The maximum atomic E-state index is 12.4. The van der Waals surface area contributed by atoms with Crippen molar-refractivity contribution in [3.63, 3.8) is 0 Å². The SMILES string of the molecule is CCOc1ncccc1C(=O)Nc1nnc(SCc2ccccc2)s1. The summed E-state index contributed by atoms with van der Waals surface area (Å²) in [7, 11) is 0. The number of hydrogen-bond acceptors (Lipinski definition) is 7. The van der Waals surface area contributed by atoms with Crippen molar-refractivity contribution in [3.05, 3.63) is 59.8 Å². The highest BCUT2D eigenvalue weighted by atomic mass is 32.2. The van der Waals surface area contributed by atoms with Crippen LogP contribution in [0.5, 0.6) is 5.88 Å². The summed E-state index contributed by atoms with van der Waals surface area (Å²) in [5.74, 6) is 0.804. The summed E-state index contributed by atoms with van der Waals surface area (Å²) in [6.07, 6.45) is 1.59. The molecular weight excluding hydrogens is 356 g/mol. The number of amides is 1. The maximum absolute atomic E-state index is 12.4. The minimum Gasteiger partial charge on any atom is -0.477 e. The number of ether oxygens (including phenoxy) is 1. The van der Waals surface area contributed by atoms with Gasteiger partial charge in [-0.1, -0.05) is 53.4 Å². The molecule has 1 aromatic carbocycles. The highest BCUT2D eigenvalue weighted by Crippen LogP contribution is 2.28. The van der Waals surface area contributed by atoms with Crippen LogP contribution in [0, 0.1) is 0 Å². The zero-order chi connectivity index (χ0) is 17.5. The van der Waals surface area contributed by atoms with Crippen LogP contribution in [0.15, 0.2) is 53.0 Å².